The van der Waals surface area contributed by atoms with E-state index in [0.717, 1.165) is 22.2 Å². The molecule has 1 saturated heterocycles. The Morgan fingerprint density at radius 1 is 1.48 bits per heavy atom. The second-order valence-electron chi connectivity index (χ2n) is 6.56. The standard InChI is InChI=1S/C17H19FN6O2.CH2O2/c1-10-12(13-7-11(18)3-4-14(13)19-10)8-16(25)24-5-6-26-15(9-24)17-20-21-22-23(17)2;2-1-3/h3-4,7,15,19H,5-6,8-9H2,1-2H3;1H,(H,2,3). The SMILES string of the molecule is Cc1[nH]c2ccc(F)cc2c1CC(=O)N1CCOC(c2nnnn2C)C1.O=CO. The van der Waals surface area contributed by atoms with Gasteiger partial charge in [0.05, 0.1) is 19.6 Å². The summed E-state index contributed by atoms with van der Waals surface area (Å²) in [5.41, 5.74) is 2.53. The van der Waals surface area contributed by atoms with Crippen LogP contribution in [0.15, 0.2) is 18.2 Å². The first kappa shape index (κ1) is 20.4. The summed E-state index contributed by atoms with van der Waals surface area (Å²) in [7, 11) is 1.74. The van der Waals surface area contributed by atoms with Crippen molar-refractivity contribution in [3.05, 3.63) is 41.1 Å². The maximum absolute atomic E-state index is 13.6. The lowest BCUT2D eigenvalue weighted by atomic mass is 10.1. The molecule has 11 heteroatoms. The minimum absolute atomic E-state index is 0.0262. The van der Waals surface area contributed by atoms with Crippen LogP contribution in [0.4, 0.5) is 4.39 Å². The monoisotopic (exact) mass is 404 g/mol. The molecule has 4 rings (SSSR count). The van der Waals surface area contributed by atoms with Gasteiger partial charge in [0.15, 0.2) is 5.82 Å². The highest BCUT2D eigenvalue weighted by molar-refractivity contribution is 5.90. The zero-order chi connectivity index (χ0) is 21.0. The van der Waals surface area contributed by atoms with Crippen LogP contribution in [-0.4, -0.2) is 67.3 Å². The zero-order valence-electron chi connectivity index (χ0n) is 16.0. The van der Waals surface area contributed by atoms with Crippen molar-refractivity contribution in [2.75, 3.05) is 19.7 Å². The van der Waals surface area contributed by atoms with Gasteiger partial charge in [-0.15, -0.1) is 5.10 Å². The van der Waals surface area contributed by atoms with Gasteiger partial charge in [0.25, 0.3) is 6.47 Å². The summed E-state index contributed by atoms with van der Waals surface area (Å²) >= 11 is 0. The topological polar surface area (TPSA) is 126 Å². The van der Waals surface area contributed by atoms with Crippen molar-refractivity contribution in [3.63, 3.8) is 0 Å². The van der Waals surface area contributed by atoms with E-state index in [-0.39, 0.29) is 30.7 Å². The van der Waals surface area contributed by atoms with Gasteiger partial charge in [-0.2, -0.15) is 0 Å². The van der Waals surface area contributed by atoms with E-state index in [2.05, 4.69) is 20.5 Å². The molecule has 154 valence electrons. The molecule has 0 bridgehead atoms. The number of carboxylic acid groups (broad SMARTS) is 1. The molecular formula is C18H21FN6O4. The molecular weight excluding hydrogens is 383 g/mol. The highest BCUT2D eigenvalue weighted by Gasteiger charge is 2.29. The smallest absolute Gasteiger partial charge is 0.290 e. The average Bonchev–Trinajstić information content (AvgIpc) is 3.26. The van der Waals surface area contributed by atoms with Crippen molar-refractivity contribution in [2.45, 2.75) is 19.4 Å². The van der Waals surface area contributed by atoms with Gasteiger partial charge < -0.3 is 19.7 Å². The number of amides is 1. The fourth-order valence-corrected chi connectivity index (χ4v) is 3.39. The molecule has 0 aliphatic carbocycles. The average molecular weight is 404 g/mol. The van der Waals surface area contributed by atoms with Crippen molar-refractivity contribution in [2.24, 2.45) is 7.05 Å². The third-order valence-electron chi connectivity index (χ3n) is 4.77. The van der Waals surface area contributed by atoms with E-state index in [4.69, 9.17) is 14.6 Å². The van der Waals surface area contributed by atoms with Gasteiger partial charge in [0, 0.05) is 30.2 Å². The number of nitrogens with one attached hydrogen (secondary N) is 1. The number of hydrogen-bond acceptors (Lipinski definition) is 6. The van der Waals surface area contributed by atoms with E-state index in [1.807, 2.05) is 6.92 Å². The lowest BCUT2D eigenvalue weighted by Gasteiger charge is -2.32. The number of aromatic amines is 1. The van der Waals surface area contributed by atoms with Crippen LogP contribution >= 0.6 is 0 Å². The summed E-state index contributed by atoms with van der Waals surface area (Å²) < 4.78 is 20.9. The largest absolute Gasteiger partial charge is 0.483 e. The van der Waals surface area contributed by atoms with Gasteiger partial charge in [0.1, 0.15) is 11.9 Å². The Morgan fingerprint density at radius 3 is 2.93 bits per heavy atom. The highest BCUT2D eigenvalue weighted by atomic mass is 19.1. The minimum atomic E-state index is -0.353. The first-order valence-corrected chi connectivity index (χ1v) is 8.90. The van der Waals surface area contributed by atoms with E-state index in [0.29, 0.717) is 25.5 Å². The maximum Gasteiger partial charge on any atom is 0.290 e. The number of benzene rings is 1. The number of morpholine rings is 1. The molecule has 1 aromatic carbocycles. The van der Waals surface area contributed by atoms with Crippen molar-refractivity contribution >= 4 is 23.3 Å². The van der Waals surface area contributed by atoms with E-state index >= 15 is 0 Å². The summed E-state index contributed by atoms with van der Waals surface area (Å²) in [6.45, 7) is 2.97. The fraction of sp³-hybridized carbons (Fsp3) is 0.389. The van der Waals surface area contributed by atoms with Gasteiger partial charge >= 0.3 is 0 Å². The molecule has 1 unspecified atom stereocenters. The molecule has 3 aromatic rings. The molecule has 0 spiro atoms. The fourth-order valence-electron chi connectivity index (χ4n) is 3.39. The van der Waals surface area contributed by atoms with Gasteiger partial charge in [-0.3, -0.25) is 9.59 Å². The second kappa shape index (κ2) is 8.78. The second-order valence-corrected chi connectivity index (χ2v) is 6.56. The number of rotatable bonds is 3. The first-order chi connectivity index (χ1) is 13.9. The highest BCUT2D eigenvalue weighted by Crippen LogP contribution is 2.25. The molecule has 1 aliphatic heterocycles. The van der Waals surface area contributed by atoms with Crippen molar-refractivity contribution in [1.82, 2.24) is 30.1 Å². The number of halogens is 1. The Balaban J connectivity index is 0.000000755. The predicted molar refractivity (Wildman–Crippen MR) is 99.5 cm³/mol. The first-order valence-electron chi connectivity index (χ1n) is 8.90. The molecule has 3 heterocycles. The predicted octanol–water partition coefficient (Wildman–Crippen LogP) is 0.982. The number of nitrogens with zero attached hydrogens (tertiary/aromatic N) is 5. The minimum Gasteiger partial charge on any atom is -0.483 e. The van der Waals surface area contributed by atoms with Crippen LogP contribution in [0.2, 0.25) is 0 Å². The summed E-state index contributed by atoms with van der Waals surface area (Å²) in [5.74, 6) is 0.251. The summed E-state index contributed by atoms with van der Waals surface area (Å²) in [6, 6.07) is 4.57. The third-order valence-corrected chi connectivity index (χ3v) is 4.77. The molecule has 2 N–H and O–H groups in total. The van der Waals surface area contributed by atoms with Gasteiger partial charge in [-0.1, -0.05) is 0 Å². The van der Waals surface area contributed by atoms with E-state index in [1.165, 1.54) is 12.1 Å². The molecule has 0 radical (unpaired) electrons. The Morgan fingerprint density at radius 2 is 2.24 bits per heavy atom. The summed E-state index contributed by atoms with van der Waals surface area (Å²) in [4.78, 5) is 26.2. The molecule has 10 nitrogen and oxygen atoms in total. The molecule has 1 fully saturated rings. The zero-order valence-corrected chi connectivity index (χ0v) is 16.0. The number of aryl methyl sites for hydroxylation is 2. The van der Waals surface area contributed by atoms with Crippen molar-refractivity contribution in [1.29, 1.82) is 0 Å². The normalized spacial score (nSPS) is 16.4. The molecule has 2 aromatic heterocycles. The number of carbonyl (C=O) groups excluding carboxylic acids is 1. The maximum atomic E-state index is 13.6. The van der Waals surface area contributed by atoms with Crippen LogP contribution in [0.25, 0.3) is 10.9 Å². The molecule has 29 heavy (non-hydrogen) atoms. The van der Waals surface area contributed by atoms with E-state index in [9.17, 15) is 9.18 Å². The Labute approximate surface area is 165 Å². The molecule has 0 saturated carbocycles. The van der Waals surface area contributed by atoms with Crippen LogP contribution in [-0.2, 0) is 27.8 Å². The van der Waals surface area contributed by atoms with Gasteiger partial charge in [-0.25, -0.2) is 9.07 Å². The van der Waals surface area contributed by atoms with E-state index < -0.39 is 0 Å². The Kier molecular flexibility index (Phi) is 6.17. The number of H-pyrrole nitrogens is 1. The Hall–Kier alpha value is -3.34. The number of ether oxygens (including phenoxy) is 1. The Bertz CT molecular complexity index is 1020. The lowest BCUT2D eigenvalue weighted by Crippen LogP contribution is -2.43. The molecule has 1 amide bonds. The van der Waals surface area contributed by atoms with Crippen LogP contribution < -0.4 is 0 Å². The molecule has 1 atom stereocenters. The van der Waals surface area contributed by atoms with Gasteiger partial charge in [-0.05, 0) is 41.1 Å². The lowest BCUT2D eigenvalue weighted by molar-refractivity contribution is -0.138. The van der Waals surface area contributed by atoms with Crippen molar-refractivity contribution in [3.8, 4) is 0 Å². The van der Waals surface area contributed by atoms with E-state index in [1.54, 1.807) is 22.7 Å². The van der Waals surface area contributed by atoms with Crippen LogP contribution in [0.3, 0.4) is 0 Å². The van der Waals surface area contributed by atoms with Crippen molar-refractivity contribution < 1.29 is 23.8 Å². The third kappa shape index (κ3) is 4.40. The summed E-state index contributed by atoms with van der Waals surface area (Å²) in [6.07, 6.45) is -0.145. The summed E-state index contributed by atoms with van der Waals surface area (Å²) in [5, 5.41) is 19.0. The molecule has 1 aliphatic rings. The van der Waals surface area contributed by atoms with Crippen LogP contribution in [0.5, 0.6) is 0 Å². The van der Waals surface area contributed by atoms with Crippen LogP contribution in [0.1, 0.15) is 23.2 Å². The number of carbonyl (C=O) groups is 2. The number of aromatic nitrogens is 5. The number of fused-ring (bicyclic) bond motifs is 1. The number of hydrogen-bond donors (Lipinski definition) is 2. The van der Waals surface area contributed by atoms with Crippen LogP contribution in [0, 0.1) is 12.7 Å². The van der Waals surface area contributed by atoms with Gasteiger partial charge in [0.2, 0.25) is 5.91 Å². The quantitative estimate of drug-likeness (QED) is 0.623. The number of tetrazole rings is 1.